The molecule has 0 saturated heterocycles. The minimum Gasteiger partial charge on any atom is -0.460 e. The monoisotopic (exact) mass is 186 g/mol. The van der Waals surface area contributed by atoms with Crippen LogP contribution in [-0.2, 0) is 9.53 Å². The lowest BCUT2D eigenvalue weighted by Crippen LogP contribution is -2.30. The number of halogens is 1. The van der Waals surface area contributed by atoms with Gasteiger partial charge in [0.1, 0.15) is 6.10 Å². The number of hydrogen-bond donors (Lipinski definition) is 0. The maximum Gasteiger partial charge on any atom is 0.302 e. The van der Waals surface area contributed by atoms with Crippen molar-refractivity contribution < 1.29 is 9.53 Å². The number of esters is 1. The van der Waals surface area contributed by atoms with Gasteiger partial charge in [0.15, 0.2) is 0 Å². The molecule has 0 aliphatic heterocycles. The van der Waals surface area contributed by atoms with Gasteiger partial charge in [-0.1, -0.05) is 12.2 Å². The van der Waals surface area contributed by atoms with E-state index >= 15 is 0 Å². The lowest BCUT2D eigenvalue weighted by atomic mass is 10.0. The second kappa shape index (κ2) is 2.77. The van der Waals surface area contributed by atoms with Crippen molar-refractivity contribution >= 4 is 17.6 Å². The van der Waals surface area contributed by atoms with Crippen molar-refractivity contribution in [1.82, 2.24) is 0 Å². The Balaban J connectivity index is 2.08. The summed E-state index contributed by atoms with van der Waals surface area (Å²) in [5, 5.41) is -0.0103. The van der Waals surface area contributed by atoms with Gasteiger partial charge >= 0.3 is 5.97 Å². The smallest absolute Gasteiger partial charge is 0.302 e. The summed E-state index contributed by atoms with van der Waals surface area (Å²) in [6.45, 7) is 1.43. The number of carbonyl (C=O) groups excluding carboxylic acids is 1. The summed E-state index contributed by atoms with van der Waals surface area (Å²) in [6, 6.07) is 0. The van der Waals surface area contributed by atoms with Crippen molar-refractivity contribution in [2.45, 2.75) is 24.8 Å². The van der Waals surface area contributed by atoms with E-state index in [-0.39, 0.29) is 17.5 Å². The Morgan fingerprint density at radius 1 is 1.50 bits per heavy atom. The summed E-state index contributed by atoms with van der Waals surface area (Å²) in [5.41, 5.74) is 0. The molecule has 2 nitrogen and oxygen atoms in total. The van der Waals surface area contributed by atoms with Crippen LogP contribution in [0.3, 0.4) is 0 Å². The van der Waals surface area contributed by atoms with E-state index in [4.69, 9.17) is 16.3 Å². The van der Waals surface area contributed by atoms with E-state index < -0.39 is 0 Å². The van der Waals surface area contributed by atoms with Gasteiger partial charge in [0.25, 0.3) is 0 Å². The maximum absolute atomic E-state index is 10.7. The lowest BCUT2D eigenvalue weighted by molar-refractivity contribution is -0.147. The van der Waals surface area contributed by atoms with Gasteiger partial charge in [-0.05, 0) is 12.3 Å². The quantitative estimate of drug-likeness (QED) is 0.354. The molecule has 1 saturated carbocycles. The zero-order valence-corrected chi connectivity index (χ0v) is 7.62. The SMILES string of the molecule is CC(=O)O[C@H]1[C@H](Cl)[C@H]2C=C[C@H]1C2. The summed E-state index contributed by atoms with van der Waals surface area (Å²) in [7, 11) is 0. The summed E-state index contributed by atoms with van der Waals surface area (Å²) in [6.07, 6.45) is 5.20. The third-order valence-corrected chi connectivity index (χ3v) is 3.17. The van der Waals surface area contributed by atoms with Crippen LogP contribution in [0.4, 0.5) is 0 Å². The van der Waals surface area contributed by atoms with Gasteiger partial charge < -0.3 is 4.74 Å². The summed E-state index contributed by atoms with van der Waals surface area (Å²) in [4.78, 5) is 10.7. The molecule has 0 spiro atoms. The lowest BCUT2D eigenvalue weighted by Gasteiger charge is -2.22. The molecule has 0 aromatic heterocycles. The number of hydrogen-bond acceptors (Lipinski definition) is 2. The Kier molecular flexibility index (Phi) is 1.87. The number of allylic oxidation sites excluding steroid dienone is 1. The van der Waals surface area contributed by atoms with E-state index in [9.17, 15) is 4.79 Å². The van der Waals surface area contributed by atoms with Gasteiger partial charge in [-0.3, -0.25) is 4.79 Å². The van der Waals surface area contributed by atoms with Crippen LogP contribution in [0.15, 0.2) is 12.2 Å². The van der Waals surface area contributed by atoms with Crippen LogP contribution in [0.2, 0.25) is 0 Å². The highest BCUT2D eigenvalue weighted by Gasteiger charge is 2.45. The molecule has 0 unspecified atom stereocenters. The third kappa shape index (κ3) is 1.14. The van der Waals surface area contributed by atoms with Crippen molar-refractivity contribution in [3.8, 4) is 0 Å². The average Bonchev–Trinajstić information content (AvgIpc) is 2.53. The first kappa shape index (κ1) is 8.11. The molecule has 1 fully saturated rings. The molecular formula is C9H11ClO2. The number of ether oxygens (including phenoxy) is 1. The average molecular weight is 187 g/mol. The van der Waals surface area contributed by atoms with Crippen LogP contribution in [-0.4, -0.2) is 17.5 Å². The Labute approximate surface area is 76.5 Å². The van der Waals surface area contributed by atoms with E-state index in [1.807, 2.05) is 0 Å². The summed E-state index contributed by atoms with van der Waals surface area (Å²) < 4.78 is 5.14. The first-order valence-corrected chi connectivity index (χ1v) is 4.62. The summed E-state index contributed by atoms with van der Waals surface area (Å²) in [5.74, 6) is 0.550. The van der Waals surface area contributed by atoms with E-state index in [0.29, 0.717) is 11.8 Å². The predicted molar refractivity (Wildman–Crippen MR) is 45.9 cm³/mol. The van der Waals surface area contributed by atoms with E-state index in [2.05, 4.69) is 12.2 Å². The molecule has 66 valence electrons. The minimum absolute atomic E-state index is 0.0103. The highest BCUT2D eigenvalue weighted by molar-refractivity contribution is 6.21. The topological polar surface area (TPSA) is 26.3 Å². The minimum atomic E-state index is -0.230. The highest BCUT2D eigenvalue weighted by Crippen LogP contribution is 2.43. The Morgan fingerprint density at radius 3 is 2.67 bits per heavy atom. The van der Waals surface area contributed by atoms with Crippen LogP contribution in [0, 0.1) is 11.8 Å². The molecule has 3 heteroatoms. The number of carbonyl (C=O) groups is 1. The second-order valence-corrected chi connectivity index (χ2v) is 3.97. The van der Waals surface area contributed by atoms with Gasteiger partial charge in [0, 0.05) is 12.8 Å². The molecule has 0 amide bonds. The second-order valence-electron chi connectivity index (χ2n) is 3.47. The molecular weight excluding hydrogens is 176 g/mol. The van der Waals surface area contributed by atoms with Gasteiger partial charge in [0.05, 0.1) is 5.38 Å². The molecule has 0 radical (unpaired) electrons. The fourth-order valence-corrected chi connectivity index (χ4v) is 2.49. The normalized spacial score (nSPS) is 43.5. The first-order chi connectivity index (χ1) is 5.68. The molecule has 4 atom stereocenters. The van der Waals surface area contributed by atoms with Crippen molar-refractivity contribution in [1.29, 1.82) is 0 Å². The van der Waals surface area contributed by atoms with Crippen LogP contribution in [0.1, 0.15) is 13.3 Å². The zero-order valence-electron chi connectivity index (χ0n) is 6.87. The predicted octanol–water partition coefficient (Wildman–Crippen LogP) is 1.73. The molecule has 2 aliphatic rings. The standard InChI is InChI=1S/C9H11ClO2/c1-5(11)12-9-7-3-2-6(4-7)8(9)10/h2-3,6-9H,4H2,1H3/t6-,7-,8+,9+/m0/s1. The molecule has 12 heavy (non-hydrogen) atoms. The molecule has 2 aliphatic carbocycles. The van der Waals surface area contributed by atoms with Gasteiger partial charge in [-0.2, -0.15) is 0 Å². The molecule has 2 bridgehead atoms. The highest BCUT2D eigenvalue weighted by atomic mass is 35.5. The van der Waals surface area contributed by atoms with E-state index in [1.165, 1.54) is 6.92 Å². The molecule has 0 N–H and O–H groups in total. The molecule has 0 aromatic carbocycles. The van der Waals surface area contributed by atoms with Crippen LogP contribution in [0.5, 0.6) is 0 Å². The van der Waals surface area contributed by atoms with Crippen molar-refractivity contribution in [2.24, 2.45) is 11.8 Å². The Morgan fingerprint density at radius 2 is 2.17 bits per heavy atom. The number of fused-ring (bicyclic) bond motifs is 2. The number of alkyl halides is 1. The Bertz CT molecular complexity index is 237. The molecule has 2 rings (SSSR count). The fraction of sp³-hybridized carbons (Fsp3) is 0.667. The third-order valence-electron chi connectivity index (χ3n) is 2.60. The van der Waals surface area contributed by atoms with E-state index in [1.54, 1.807) is 0 Å². The number of rotatable bonds is 1. The first-order valence-electron chi connectivity index (χ1n) is 4.18. The van der Waals surface area contributed by atoms with Crippen molar-refractivity contribution in [3.63, 3.8) is 0 Å². The Hall–Kier alpha value is -0.500. The van der Waals surface area contributed by atoms with Gasteiger partial charge in [-0.15, -0.1) is 11.6 Å². The fourth-order valence-electron chi connectivity index (χ4n) is 2.06. The van der Waals surface area contributed by atoms with Crippen LogP contribution >= 0.6 is 11.6 Å². The largest absolute Gasteiger partial charge is 0.460 e. The van der Waals surface area contributed by atoms with E-state index in [0.717, 1.165) is 6.42 Å². The van der Waals surface area contributed by atoms with Gasteiger partial charge in [-0.25, -0.2) is 0 Å². The van der Waals surface area contributed by atoms with Crippen LogP contribution in [0.25, 0.3) is 0 Å². The summed E-state index contributed by atoms with van der Waals surface area (Å²) >= 11 is 6.09. The van der Waals surface area contributed by atoms with Crippen molar-refractivity contribution in [2.75, 3.05) is 0 Å². The maximum atomic E-state index is 10.7. The molecule has 0 heterocycles. The zero-order chi connectivity index (χ0) is 8.72. The van der Waals surface area contributed by atoms with Crippen molar-refractivity contribution in [3.05, 3.63) is 12.2 Å². The molecule has 0 aromatic rings. The van der Waals surface area contributed by atoms with Crippen LogP contribution < -0.4 is 0 Å². The van der Waals surface area contributed by atoms with Gasteiger partial charge in [0.2, 0.25) is 0 Å².